The van der Waals surface area contributed by atoms with Gasteiger partial charge in [-0.25, -0.2) is 0 Å². The minimum absolute atomic E-state index is 0.00653. The highest BCUT2D eigenvalue weighted by atomic mass is 79.9. The van der Waals surface area contributed by atoms with Crippen LogP contribution in [0.3, 0.4) is 0 Å². The Morgan fingerprint density at radius 1 is 1.09 bits per heavy atom. The summed E-state index contributed by atoms with van der Waals surface area (Å²) in [6, 6.07) is 14.2. The summed E-state index contributed by atoms with van der Waals surface area (Å²) in [5, 5.41) is 6.19. The van der Waals surface area contributed by atoms with Gasteiger partial charge in [0.2, 0.25) is 5.91 Å². The van der Waals surface area contributed by atoms with Gasteiger partial charge in [0, 0.05) is 28.8 Å². The summed E-state index contributed by atoms with van der Waals surface area (Å²) in [6.07, 6.45) is 0.428. The van der Waals surface area contributed by atoms with Crippen molar-refractivity contribution in [3.63, 3.8) is 0 Å². The predicted molar refractivity (Wildman–Crippen MR) is 101 cm³/mol. The molecule has 2 rings (SSSR count). The maximum absolute atomic E-state index is 12.0. The van der Waals surface area contributed by atoms with Gasteiger partial charge in [-0.15, -0.1) is 0 Å². The molecule has 0 saturated carbocycles. The van der Waals surface area contributed by atoms with Crippen LogP contribution in [0, 0.1) is 6.92 Å². The van der Waals surface area contributed by atoms with Crippen molar-refractivity contribution < 1.29 is 4.79 Å². The molecular weight excluding hydrogens is 352 g/mol. The van der Waals surface area contributed by atoms with Gasteiger partial charge in [0.15, 0.2) is 0 Å². The van der Waals surface area contributed by atoms with E-state index >= 15 is 0 Å². The van der Waals surface area contributed by atoms with Crippen LogP contribution in [-0.4, -0.2) is 12.5 Å². The minimum atomic E-state index is 0.00653. The van der Waals surface area contributed by atoms with Crippen molar-refractivity contribution in [2.24, 2.45) is 0 Å². The van der Waals surface area contributed by atoms with Crippen molar-refractivity contribution >= 4 is 33.2 Å². The van der Waals surface area contributed by atoms with E-state index in [2.05, 4.69) is 64.7 Å². The first-order valence-corrected chi connectivity index (χ1v) is 8.65. The number of halogens is 1. The first kappa shape index (κ1) is 17.5. The van der Waals surface area contributed by atoms with Gasteiger partial charge in [0.1, 0.15) is 0 Å². The Hall–Kier alpha value is -1.81. The summed E-state index contributed by atoms with van der Waals surface area (Å²) < 4.78 is 0.999. The quantitative estimate of drug-likeness (QED) is 0.717. The molecule has 0 aliphatic carbocycles. The second-order valence-electron chi connectivity index (χ2n) is 5.97. The normalized spacial score (nSPS) is 10.7. The highest BCUT2D eigenvalue weighted by molar-refractivity contribution is 9.10. The molecule has 0 aromatic heterocycles. The summed E-state index contributed by atoms with van der Waals surface area (Å²) in [7, 11) is 0. The fourth-order valence-electron chi connectivity index (χ4n) is 2.20. The summed E-state index contributed by atoms with van der Waals surface area (Å²) in [5.74, 6) is 0.538. The van der Waals surface area contributed by atoms with Crippen molar-refractivity contribution in [3.8, 4) is 0 Å². The van der Waals surface area contributed by atoms with E-state index in [1.807, 2.05) is 25.1 Å². The van der Waals surface area contributed by atoms with Crippen molar-refractivity contribution in [2.45, 2.75) is 33.1 Å². The minimum Gasteiger partial charge on any atom is -0.385 e. The molecule has 2 aromatic carbocycles. The third-order valence-electron chi connectivity index (χ3n) is 3.71. The van der Waals surface area contributed by atoms with Crippen molar-refractivity contribution in [1.82, 2.24) is 0 Å². The molecule has 0 saturated heterocycles. The van der Waals surface area contributed by atoms with E-state index in [0.717, 1.165) is 21.4 Å². The number of hydrogen-bond acceptors (Lipinski definition) is 2. The molecule has 23 heavy (non-hydrogen) atoms. The molecule has 0 aliphatic rings. The van der Waals surface area contributed by atoms with Crippen LogP contribution in [0.1, 0.15) is 37.3 Å². The SMILES string of the molecule is Cc1ccc(NC(=O)CCNc2ccc(C(C)C)cc2)cc1Br. The average Bonchev–Trinajstić information content (AvgIpc) is 2.51. The van der Waals surface area contributed by atoms with Crippen molar-refractivity contribution in [2.75, 3.05) is 17.2 Å². The van der Waals surface area contributed by atoms with Crippen LogP contribution in [0.2, 0.25) is 0 Å². The topological polar surface area (TPSA) is 41.1 Å². The lowest BCUT2D eigenvalue weighted by Gasteiger charge is -2.10. The third kappa shape index (κ3) is 5.39. The number of amides is 1. The molecule has 3 nitrogen and oxygen atoms in total. The molecule has 0 aliphatic heterocycles. The molecule has 1 amide bonds. The number of aryl methyl sites for hydroxylation is 1. The number of carbonyl (C=O) groups excluding carboxylic acids is 1. The Balaban J connectivity index is 1.79. The van der Waals surface area contributed by atoms with Gasteiger partial charge < -0.3 is 10.6 Å². The highest BCUT2D eigenvalue weighted by Gasteiger charge is 2.04. The standard InChI is InChI=1S/C19H23BrN2O/c1-13(2)15-5-8-16(9-6-15)21-11-10-19(23)22-17-7-4-14(3)18(20)12-17/h4-9,12-13,21H,10-11H2,1-3H3,(H,22,23). The summed E-state index contributed by atoms with van der Waals surface area (Å²) in [4.78, 5) is 12.0. The third-order valence-corrected chi connectivity index (χ3v) is 4.57. The molecule has 4 heteroatoms. The first-order valence-electron chi connectivity index (χ1n) is 7.85. The summed E-state index contributed by atoms with van der Waals surface area (Å²) >= 11 is 3.47. The number of carbonyl (C=O) groups is 1. The molecule has 0 bridgehead atoms. The lowest BCUT2D eigenvalue weighted by molar-refractivity contribution is -0.115. The van der Waals surface area contributed by atoms with Crippen molar-refractivity contribution in [1.29, 1.82) is 0 Å². The highest BCUT2D eigenvalue weighted by Crippen LogP contribution is 2.21. The van der Waals surface area contributed by atoms with E-state index in [4.69, 9.17) is 0 Å². The van der Waals surface area contributed by atoms with Crippen LogP contribution in [-0.2, 0) is 4.79 Å². The largest absolute Gasteiger partial charge is 0.385 e. The van der Waals surface area contributed by atoms with E-state index < -0.39 is 0 Å². The maximum atomic E-state index is 12.0. The number of hydrogen-bond donors (Lipinski definition) is 2. The fourth-order valence-corrected chi connectivity index (χ4v) is 2.58. The average molecular weight is 375 g/mol. The zero-order chi connectivity index (χ0) is 16.8. The first-order chi connectivity index (χ1) is 11.0. The van der Waals surface area contributed by atoms with Gasteiger partial charge in [0.05, 0.1) is 0 Å². The van der Waals surface area contributed by atoms with Crippen LogP contribution in [0.25, 0.3) is 0 Å². The number of benzene rings is 2. The molecule has 0 heterocycles. The van der Waals surface area contributed by atoms with E-state index in [1.54, 1.807) is 0 Å². The number of nitrogens with one attached hydrogen (secondary N) is 2. The van der Waals surface area contributed by atoms with Gasteiger partial charge in [-0.3, -0.25) is 4.79 Å². The van der Waals surface area contributed by atoms with Crippen molar-refractivity contribution in [3.05, 3.63) is 58.1 Å². The van der Waals surface area contributed by atoms with E-state index in [-0.39, 0.29) is 5.91 Å². The Morgan fingerprint density at radius 3 is 2.35 bits per heavy atom. The van der Waals surface area contributed by atoms with Gasteiger partial charge >= 0.3 is 0 Å². The molecule has 2 N–H and O–H groups in total. The summed E-state index contributed by atoms with van der Waals surface area (Å²) in [6.45, 7) is 6.98. The smallest absolute Gasteiger partial charge is 0.226 e. The van der Waals surface area contributed by atoms with Gasteiger partial charge in [-0.2, -0.15) is 0 Å². The number of rotatable bonds is 6. The summed E-state index contributed by atoms with van der Waals surface area (Å²) in [5.41, 5.74) is 4.32. The van der Waals surface area contributed by atoms with Crippen LogP contribution >= 0.6 is 15.9 Å². The fraction of sp³-hybridized carbons (Fsp3) is 0.316. The van der Waals surface area contributed by atoms with Gasteiger partial charge in [0.25, 0.3) is 0 Å². The molecule has 0 fully saturated rings. The van der Waals surface area contributed by atoms with Gasteiger partial charge in [-0.1, -0.05) is 48.0 Å². The molecule has 0 atom stereocenters. The van der Waals surface area contributed by atoms with Crippen LogP contribution in [0.15, 0.2) is 46.9 Å². The Morgan fingerprint density at radius 2 is 1.74 bits per heavy atom. The maximum Gasteiger partial charge on any atom is 0.226 e. The van der Waals surface area contributed by atoms with E-state index in [1.165, 1.54) is 5.56 Å². The van der Waals surface area contributed by atoms with Crippen LogP contribution < -0.4 is 10.6 Å². The second-order valence-corrected chi connectivity index (χ2v) is 6.82. The van der Waals surface area contributed by atoms with Crippen LogP contribution in [0.5, 0.6) is 0 Å². The lowest BCUT2D eigenvalue weighted by atomic mass is 10.0. The molecule has 2 aromatic rings. The molecule has 0 unspecified atom stereocenters. The lowest BCUT2D eigenvalue weighted by Crippen LogP contribution is -2.16. The van der Waals surface area contributed by atoms with Crippen LogP contribution in [0.4, 0.5) is 11.4 Å². The second kappa shape index (κ2) is 8.16. The van der Waals surface area contributed by atoms with E-state index in [0.29, 0.717) is 18.9 Å². The van der Waals surface area contributed by atoms with Gasteiger partial charge in [-0.05, 0) is 48.2 Å². The predicted octanol–water partition coefficient (Wildman–Crippen LogP) is 5.32. The zero-order valence-corrected chi connectivity index (χ0v) is 15.4. The molecular formula is C19H23BrN2O. The number of anilines is 2. The molecule has 122 valence electrons. The molecule has 0 radical (unpaired) electrons. The Kier molecular flexibility index (Phi) is 6.22. The monoisotopic (exact) mass is 374 g/mol. The Bertz CT molecular complexity index is 666. The zero-order valence-electron chi connectivity index (χ0n) is 13.8. The van der Waals surface area contributed by atoms with E-state index in [9.17, 15) is 4.79 Å². The molecule has 0 spiro atoms. The Labute approximate surface area is 146 Å².